The lowest BCUT2D eigenvalue weighted by Crippen LogP contribution is -2.40. The molecule has 2 aliphatic rings. The molecule has 0 radical (unpaired) electrons. The van der Waals surface area contributed by atoms with Crippen molar-refractivity contribution in [2.45, 2.75) is 78.6 Å². The Labute approximate surface area is 316 Å². The van der Waals surface area contributed by atoms with Gasteiger partial charge in [0.2, 0.25) is 0 Å². The quantitative estimate of drug-likeness (QED) is 0.180. The van der Waals surface area contributed by atoms with Gasteiger partial charge >= 0.3 is 12.3 Å². The molecule has 0 saturated heterocycles. The lowest BCUT2D eigenvalue weighted by Gasteiger charge is -2.31. The van der Waals surface area contributed by atoms with Crippen LogP contribution in [-0.2, 0) is 36.7 Å². The number of thiophene rings is 1. The molecule has 0 fully saturated rings. The Morgan fingerprint density at radius 3 is 2.53 bits per heavy atom. The Bertz CT molecular complexity index is 2070. The number of rotatable bonds is 8. The molecule has 1 aliphatic carbocycles. The summed E-state index contributed by atoms with van der Waals surface area (Å²) >= 11 is 7.21. The molecule has 282 valence electrons. The molecule has 6 rings (SSSR count). The van der Waals surface area contributed by atoms with Gasteiger partial charge < -0.3 is 15.0 Å². The standard InChI is InChI=1S/C39H43ClF3N5O4S/c1-37(2,3)52-36(51)46(6)15-16-47-14-12-23-7-8-24(17-25(23)21-47)34(50)45-35-32(28-11-13-38(4,5)19-31(28)53-35)33(49)26-20-44-48(22-26)27-9-10-30(40)29(18-27)39(41,42)43/h7-10,17-18,20,22H,11-16,19,21H2,1-6H3,(H,45,50). The number of alkyl halides is 3. The number of halogens is 4. The maximum atomic E-state index is 14.2. The Balaban J connectivity index is 1.22. The molecule has 1 aliphatic heterocycles. The number of amides is 2. The van der Waals surface area contributed by atoms with Crippen LogP contribution in [0.1, 0.15) is 94.4 Å². The van der Waals surface area contributed by atoms with E-state index in [0.29, 0.717) is 42.2 Å². The van der Waals surface area contributed by atoms with Gasteiger partial charge in [0, 0.05) is 49.9 Å². The zero-order valence-electron chi connectivity index (χ0n) is 30.6. The number of ketones is 1. The number of anilines is 1. The van der Waals surface area contributed by atoms with Crippen LogP contribution in [0.3, 0.4) is 0 Å². The number of fused-ring (bicyclic) bond motifs is 2. The molecule has 0 unspecified atom stereocenters. The topological polar surface area (TPSA) is 96.8 Å². The van der Waals surface area contributed by atoms with Crippen molar-refractivity contribution in [1.29, 1.82) is 0 Å². The zero-order valence-corrected chi connectivity index (χ0v) is 32.2. The van der Waals surface area contributed by atoms with E-state index in [1.807, 2.05) is 32.9 Å². The fourth-order valence-electron chi connectivity index (χ4n) is 6.68. The van der Waals surface area contributed by atoms with Gasteiger partial charge in [0.05, 0.1) is 33.6 Å². The van der Waals surface area contributed by atoms with Crippen LogP contribution < -0.4 is 5.32 Å². The number of benzene rings is 2. The molecular formula is C39H43ClF3N5O4S. The van der Waals surface area contributed by atoms with Crippen LogP contribution in [-0.4, -0.2) is 69.6 Å². The van der Waals surface area contributed by atoms with E-state index in [2.05, 4.69) is 29.2 Å². The molecule has 0 bridgehead atoms. The summed E-state index contributed by atoms with van der Waals surface area (Å²) in [5, 5.41) is 7.25. The second kappa shape index (κ2) is 14.6. The van der Waals surface area contributed by atoms with Gasteiger partial charge in [-0.1, -0.05) is 31.5 Å². The van der Waals surface area contributed by atoms with E-state index in [0.717, 1.165) is 59.5 Å². The van der Waals surface area contributed by atoms with Crippen molar-refractivity contribution in [3.05, 3.63) is 97.6 Å². The van der Waals surface area contributed by atoms with E-state index in [1.165, 1.54) is 34.5 Å². The predicted octanol–water partition coefficient (Wildman–Crippen LogP) is 8.83. The average molecular weight is 770 g/mol. The van der Waals surface area contributed by atoms with E-state index < -0.39 is 22.4 Å². The van der Waals surface area contributed by atoms with Crippen molar-refractivity contribution < 1.29 is 32.3 Å². The SMILES string of the molecule is CN(CCN1CCc2ccc(C(=O)Nc3sc4c(c3C(=O)c3cnn(-c5ccc(Cl)c(C(F)(F)F)c5)c3)CCC(C)(C)C4)cc2C1)C(=O)OC(C)(C)C. The second-order valence-corrected chi connectivity index (χ2v) is 17.1. The largest absolute Gasteiger partial charge is 0.444 e. The highest BCUT2D eigenvalue weighted by molar-refractivity contribution is 7.17. The molecule has 2 amide bonds. The summed E-state index contributed by atoms with van der Waals surface area (Å²) in [6.45, 7) is 12.4. The third kappa shape index (κ3) is 8.79. The van der Waals surface area contributed by atoms with Crippen LogP contribution in [0.25, 0.3) is 5.69 Å². The first-order chi connectivity index (χ1) is 24.8. The lowest BCUT2D eigenvalue weighted by molar-refractivity contribution is -0.137. The monoisotopic (exact) mass is 769 g/mol. The molecule has 9 nitrogen and oxygen atoms in total. The molecule has 2 aromatic carbocycles. The number of hydrogen-bond acceptors (Lipinski definition) is 7. The summed E-state index contributed by atoms with van der Waals surface area (Å²) in [5.41, 5.74) is 2.63. The van der Waals surface area contributed by atoms with E-state index in [4.69, 9.17) is 16.3 Å². The van der Waals surface area contributed by atoms with Gasteiger partial charge in [-0.3, -0.25) is 14.5 Å². The molecule has 0 spiro atoms. The Morgan fingerprint density at radius 1 is 1.06 bits per heavy atom. The van der Waals surface area contributed by atoms with Gasteiger partial charge in [0.1, 0.15) is 10.6 Å². The lowest BCUT2D eigenvalue weighted by atomic mass is 9.76. The van der Waals surface area contributed by atoms with Crippen molar-refractivity contribution in [2.75, 3.05) is 32.0 Å². The Morgan fingerprint density at radius 2 is 1.81 bits per heavy atom. The van der Waals surface area contributed by atoms with Crippen molar-refractivity contribution in [1.82, 2.24) is 19.6 Å². The predicted molar refractivity (Wildman–Crippen MR) is 199 cm³/mol. The van der Waals surface area contributed by atoms with Crippen LogP contribution >= 0.6 is 22.9 Å². The maximum Gasteiger partial charge on any atom is 0.417 e. The van der Waals surface area contributed by atoms with Gasteiger partial charge in [-0.2, -0.15) is 18.3 Å². The third-order valence-corrected chi connectivity index (χ3v) is 11.1. The van der Waals surface area contributed by atoms with E-state index in [1.54, 1.807) is 18.0 Å². The normalized spacial score (nSPS) is 15.7. The summed E-state index contributed by atoms with van der Waals surface area (Å²) in [6.07, 6.45) is 0.735. The fourth-order valence-corrected chi connectivity index (χ4v) is 8.40. The number of carbonyl (C=O) groups is 3. The first-order valence-electron chi connectivity index (χ1n) is 17.5. The number of hydrogen-bond donors (Lipinski definition) is 1. The summed E-state index contributed by atoms with van der Waals surface area (Å²) in [4.78, 5) is 45.3. The number of nitrogens with one attached hydrogen (secondary N) is 1. The zero-order chi connectivity index (χ0) is 38.5. The third-order valence-electron chi connectivity index (χ3n) is 9.62. The van der Waals surface area contributed by atoms with E-state index >= 15 is 0 Å². The minimum atomic E-state index is -4.66. The average Bonchev–Trinajstić information content (AvgIpc) is 3.70. The smallest absolute Gasteiger partial charge is 0.417 e. The van der Waals surface area contributed by atoms with Crippen LogP contribution in [0.15, 0.2) is 48.8 Å². The minimum Gasteiger partial charge on any atom is -0.444 e. The molecule has 2 aromatic heterocycles. The van der Waals surface area contributed by atoms with Crippen molar-refractivity contribution in [3.63, 3.8) is 0 Å². The van der Waals surface area contributed by atoms with E-state index in [9.17, 15) is 27.6 Å². The number of nitrogens with zero attached hydrogens (tertiary/aromatic N) is 4. The van der Waals surface area contributed by atoms with Gasteiger partial charge in [-0.15, -0.1) is 11.3 Å². The van der Waals surface area contributed by atoms with Crippen LogP contribution in [0.5, 0.6) is 0 Å². The van der Waals surface area contributed by atoms with Gasteiger partial charge in [0.15, 0.2) is 5.78 Å². The van der Waals surface area contributed by atoms with Gasteiger partial charge in [-0.05, 0) is 98.9 Å². The Hall–Kier alpha value is -4.20. The van der Waals surface area contributed by atoms with Crippen LogP contribution in [0, 0.1) is 5.41 Å². The number of ether oxygens (including phenoxy) is 1. The second-order valence-electron chi connectivity index (χ2n) is 15.6. The minimum absolute atomic E-state index is 0.0151. The highest BCUT2D eigenvalue weighted by atomic mass is 35.5. The van der Waals surface area contributed by atoms with Crippen LogP contribution in [0.2, 0.25) is 5.02 Å². The molecule has 0 saturated carbocycles. The fraction of sp³-hybridized carbons (Fsp3) is 0.436. The molecule has 53 heavy (non-hydrogen) atoms. The molecular weight excluding hydrogens is 727 g/mol. The maximum absolute atomic E-state index is 14.2. The first kappa shape index (κ1) is 38.5. The molecule has 14 heteroatoms. The number of aromatic nitrogens is 2. The summed E-state index contributed by atoms with van der Waals surface area (Å²) in [6, 6.07) is 9.10. The van der Waals surface area contributed by atoms with Crippen LogP contribution in [0.4, 0.5) is 23.0 Å². The van der Waals surface area contributed by atoms with E-state index in [-0.39, 0.29) is 34.4 Å². The first-order valence-corrected chi connectivity index (χ1v) is 18.7. The van der Waals surface area contributed by atoms with Crippen molar-refractivity contribution in [2.24, 2.45) is 5.41 Å². The molecule has 3 heterocycles. The van der Waals surface area contributed by atoms with Gasteiger partial charge in [-0.25, -0.2) is 9.48 Å². The van der Waals surface area contributed by atoms with Crippen molar-refractivity contribution in [3.8, 4) is 5.69 Å². The summed E-state index contributed by atoms with van der Waals surface area (Å²) < 4.78 is 47.3. The molecule has 1 N–H and O–H groups in total. The Kier molecular flexibility index (Phi) is 10.6. The molecule has 0 atom stereocenters. The number of likely N-dealkylation sites (N-methyl/N-ethyl adjacent to an activating group) is 1. The highest BCUT2D eigenvalue weighted by Gasteiger charge is 2.35. The van der Waals surface area contributed by atoms with Gasteiger partial charge in [0.25, 0.3) is 5.91 Å². The van der Waals surface area contributed by atoms with Crippen molar-refractivity contribution >= 4 is 45.7 Å². The molecule has 4 aromatic rings. The summed E-state index contributed by atoms with van der Waals surface area (Å²) in [5.74, 6) is -0.718. The number of carbonyl (C=O) groups excluding carboxylic acids is 3. The summed E-state index contributed by atoms with van der Waals surface area (Å²) in [7, 11) is 1.72. The highest BCUT2D eigenvalue weighted by Crippen LogP contribution is 2.45.